The first kappa shape index (κ1) is 13.1. The molecule has 0 saturated carbocycles. The highest BCUT2D eigenvalue weighted by molar-refractivity contribution is 7.18. The summed E-state index contributed by atoms with van der Waals surface area (Å²) in [5.41, 5.74) is 8.29. The van der Waals surface area contributed by atoms with Gasteiger partial charge in [0, 0.05) is 18.7 Å². The van der Waals surface area contributed by atoms with E-state index in [4.69, 9.17) is 5.73 Å². The number of aryl methyl sites for hydroxylation is 1. The zero-order chi connectivity index (χ0) is 13.9. The molecule has 6 heteroatoms. The van der Waals surface area contributed by atoms with E-state index >= 15 is 0 Å². The van der Waals surface area contributed by atoms with E-state index in [0.29, 0.717) is 11.1 Å². The number of rotatable bonds is 2. The zero-order valence-corrected chi connectivity index (χ0v) is 12.2. The maximum atomic E-state index is 6.00. The molecule has 0 amide bonds. The quantitative estimate of drug-likeness (QED) is 0.681. The molecule has 0 aliphatic carbocycles. The molecule has 1 aromatic carbocycles. The summed E-state index contributed by atoms with van der Waals surface area (Å²) in [6.07, 6.45) is 2.36. The fraction of sp³-hybridized carbons (Fsp3) is 0.357. The van der Waals surface area contributed by atoms with Crippen molar-refractivity contribution in [2.45, 2.75) is 19.8 Å². The lowest BCUT2D eigenvalue weighted by Gasteiger charge is -2.14. The molecular weight excluding hydrogens is 270 g/mol. The topological polar surface area (TPSA) is 67.4 Å². The number of aliphatic imine (C=N–C) groups is 1. The predicted molar refractivity (Wildman–Crippen MR) is 82.2 cm³/mol. The maximum absolute atomic E-state index is 6.00. The fourth-order valence-electron chi connectivity index (χ4n) is 2.30. The van der Waals surface area contributed by atoms with Crippen LogP contribution >= 0.6 is 11.3 Å². The van der Waals surface area contributed by atoms with Gasteiger partial charge in [0.15, 0.2) is 5.96 Å². The molecule has 2 heterocycles. The van der Waals surface area contributed by atoms with Gasteiger partial charge in [0.2, 0.25) is 5.13 Å². The third-order valence-corrected chi connectivity index (χ3v) is 4.28. The summed E-state index contributed by atoms with van der Waals surface area (Å²) in [7, 11) is 0. The van der Waals surface area contributed by atoms with Crippen molar-refractivity contribution >= 4 is 22.4 Å². The van der Waals surface area contributed by atoms with Crippen molar-refractivity contribution in [3.05, 3.63) is 29.8 Å². The lowest BCUT2D eigenvalue weighted by atomic mass is 10.1. The second-order valence-electron chi connectivity index (χ2n) is 4.87. The molecule has 1 aliphatic heterocycles. The van der Waals surface area contributed by atoms with Crippen molar-refractivity contribution in [1.29, 1.82) is 0 Å². The molecular formula is C14H17N5S. The van der Waals surface area contributed by atoms with Gasteiger partial charge in [0.25, 0.3) is 0 Å². The van der Waals surface area contributed by atoms with Crippen LogP contribution in [0.1, 0.15) is 18.4 Å². The van der Waals surface area contributed by atoms with Crippen LogP contribution in [0.5, 0.6) is 0 Å². The standard InChI is InChI=1S/C14H17N5S/c1-10-6-2-3-7-11(10)12-17-18-14(20-12)16-13(15)19-8-4-5-9-19/h2-3,6-7H,4-5,8-9H2,1H3,(H2,15,16,18). The molecule has 3 rings (SSSR count). The first-order chi connectivity index (χ1) is 9.74. The smallest absolute Gasteiger partial charge is 0.235 e. The first-order valence-corrected chi connectivity index (χ1v) is 7.54. The summed E-state index contributed by atoms with van der Waals surface area (Å²) in [4.78, 5) is 6.47. The van der Waals surface area contributed by atoms with Gasteiger partial charge in [0.1, 0.15) is 5.01 Å². The molecule has 1 fully saturated rings. The number of nitrogens with two attached hydrogens (primary N) is 1. The van der Waals surface area contributed by atoms with Gasteiger partial charge in [-0.1, -0.05) is 35.6 Å². The van der Waals surface area contributed by atoms with E-state index in [-0.39, 0.29) is 0 Å². The average Bonchev–Trinajstić information content (AvgIpc) is 3.10. The summed E-state index contributed by atoms with van der Waals surface area (Å²) in [6, 6.07) is 8.14. The molecule has 104 valence electrons. The number of guanidine groups is 1. The third kappa shape index (κ3) is 2.65. The lowest BCUT2D eigenvalue weighted by molar-refractivity contribution is 0.513. The number of aromatic nitrogens is 2. The van der Waals surface area contributed by atoms with Gasteiger partial charge in [-0.05, 0) is 25.3 Å². The maximum Gasteiger partial charge on any atom is 0.235 e. The summed E-state index contributed by atoms with van der Waals surface area (Å²) in [5, 5.41) is 9.84. The van der Waals surface area contributed by atoms with E-state index in [1.807, 2.05) is 18.2 Å². The van der Waals surface area contributed by atoms with Crippen molar-refractivity contribution in [3.8, 4) is 10.6 Å². The van der Waals surface area contributed by atoms with E-state index in [0.717, 1.165) is 23.7 Å². The Kier molecular flexibility index (Phi) is 3.64. The van der Waals surface area contributed by atoms with Crippen molar-refractivity contribution in [2.75, 3.05) is 13.1 Å². The van der Waals surface area contributed by atoms with Crippen molar-refractivity contribution in [1.82, 2.24) is 15.1 Å². The van der Waals surface area contributed by atoms with Gasteiger partial charge in [-0.2, -0.15) is 4.99 Å². The Bertz CT molecular complexity index is 628. The molecule has 0 bridgehead atoms. The minimum absolute atomic E-state index is 0.551. The Hall–Kier alpha value is -1.95. The number of nitrogens with zero attached hydrogens (tertiary/aromatic N) is 4. The van der Waals surface area contributed by atoms with Crippen molar-refractivity contribution in [2.24, 2.45) is 10.7 Å². The monoisotopic (exact) mass is 287 g/mol. The van der Waals surface area contributed by atoms with Crippen molar-refractivity contribution in [3.63, 3.8) is 0 Å². The predicted octanol–water partition coefficient (Wildman–Crippen LogP) is 2.56. The molecule has 0 unspecified atom stereocenters. The molecule has 2 N–H and O–H groups in total. The highest BCUT2D eigenvalue weighted by Gasteiger charge is 2.15. The molecule has 2 aromatic rings. The van der Waals surface area contributed by atoms with Crippen LogP contribution in [0.25, 0.3) is 10.6 Å². The number of hydrogen-bond acceptors (Lipinski definition) is 4. The van der Waals surface area contributed by atoms with Gasteiger partial charge in [0.05, 0.1) is 0 Å². The normalized spacial score (nSPS) is 15.8. The van der Waals surface area contributed by atoms with Crippen LogP contribution in [0.15, 0.2) is 29.3 Å². The molecule has 1 saturated heterocycles. The van der Waals surface area contributed by atoms with E-state index in [2.05, 4.69) is 33.1 Å². The highest BCUT2D eigenvalue weighted by atomic mass is 32.1. The molecule has 0 spiro atoms. The van der Waals surface area contributed by atoms with Crippen LogP contribution < -0.4 is 5.73 Å². The Morgan fingerprint density at radius 2 is 2.00 bits per heavy atom. The Morgan fingerprint density at radius 1 is 1.25 bits per heavy atom. The van der Waals surface area contributed by atoms with Gasteiger partial charge in [-0.3, -0.25) is 0 Å². The third-order valence-electron chi connectivity index (χ3n) is 3.43. The van der Waals surface area contributed by atoms with Crippen LogP contribution in [0.4, 0.5) is 5.13 Å². The summed E-state index contributed by atoms with van der Waals surface area (Å²) in [5.74, 6) is 0.551. The lowest BCUT2D eigenvalue weighted by Crippen LogP contribution is -2.34. The van der Waals surface area contributed by atoms with Gasteiger partial charge >= 0.3 is 0 Å². The Balaban J connectivity index is 1.83. The fourth-order valence-corrected chi connectivity index (χ4v) is 3.11. The van der Waals surface area contributed by atoms with Crippen LogP contribution in [0, 0.1) is 6.92 Å². The van der Waals surface area contributed by atoms with Gasteiger partial charge in [-0.15, -0.1) is 10.2 Å². The molecule has 0 radical (unpaired) electrons. The molecule has 20 heavy (non-hydrogen) atoms. The Morgan fingerprint density at radius 3 is 2.75 bits per heavy atom. The van der Waals surface area contributed by atoms with Crippen LogP contribution in [0.2, 0.25) is 0 Å². The zero-order valence-electron chi connectivity index (χ0n) is 11.4. The van der Waals surface area contributed by atoms with E-state index < -0.39 is 0 Å². The highest BCUT2D eigenvalue weighted by Crippen LogP contribution is 2.30. The number of benzene rings is 1. The van der Waals surface area contributed by atoms with Gasteiger partial charge < -0.3 is 10.6 Å². The van der Waals surface area contributed by atoms with E-state index in [1.54, 1.807) is 0 Å². The molecule has 0 atom stereocenters. The first-order valence-electron chi connectivity index (χ1n) is 6.72. The minimum Gasteiger partial charge on any atom is -0.369 e. The molecule has 5 nitrogen and oxygen atoms in total. The summed E-state index contributed by atoms with van der Waals surface area (Å²) >= 11 is 1.47. The van der Waals surface area contributed by atoms with E-state index in [9.17, 15) is 0 Å². The van der Waals surface area contributed by atoms with Gasteiger partial charge in [-0.25, -0.2) is 0 Å². The van der Waals surface area contributed by atoms with Crippen molar-refractivity contribution < 1.29 is 0 Å². The second-order valence-corrected chi connectivity index (χ2v) is 5.82. The van der Waals surface area contributed by atoms with Crippen LogP contribution in [-0.4, -0.2) is 34.1 Å². The van der Waals surface area contributed by atoms with Crippen LogP contribution in [-0.2, 0) is 0 Å². The second kappa shape index (κ2) is 5.58. The average molecular weight is 287 g/mol. The van der Waals surface area contributed by atoms with E-state index in [1.165, 1.54) is 29.7 Å². The number of likely N-dealkylation sites (tertiary alicyclic amines) is 1. The largest absolute Gasteiger partial charge is 0.369 e. The van der Waals surface area contributed by atoms with Crippen LogP contribution in [0.3, 0.4) is 0 Å². The SMILES string of the molecule is Cc1ccccc1-c1nnc(N=C(N)N2CCCC2)s1. The molecule has 1 aliphatic rings. The Labute approximate surface area is 122 Å². The molecule has 1 aromatic heterocycles. The minimum atomic E-state index is 0.551. The number of hydrogen-bond donors (Lipinski definition) is 1. The summed E-state index contributed by atoms with van der Waals surface area (Å²) in [6.45, 7) is 4.04. The summed E-state index contributed by atoms with van der Waals surface area (Å²) < 4.78 is 0.